The minimum atomic E-state index is -0.311. The Balaban J connectivity index is 1.98. The molecule has 22 heavy (non-hydrogen) atoms. The molecule has 2 aliphatic rings. The van der Waals surface area contributed by atoms with Crippen LogP contribution >= 0.6 is 0 Å². The van der Waals surface area contributed by atoms with Gasteiger partial charge in [-0.2, -0.15) is 0 Å². The third-order valence-corrected chi connectivity index (χ3v) is 5.79. The molecule has 0 amide bonds. The molecule has 1 aliphatic heterocycles. The molecule has 118 valence electrons. The van der Waals surface area contributed by atoms with E-state index >= 15 is 0 Å². The fourth-order valence-corrected chi connectivity index (χ4v) is 4.84. The number of piperidine rings is 1. The average molecular weight is 300 g/mol. The summed E-state index contributed by atoms with van der Waals surface area (Å²) in [5.41, 5.74) is 3.68. The summed E-state index contributed by atoms with van der Waals surface area (Å²) in [7, 11) is 6.10. The molecular weight excluding hydrogens is 276 g/mol. The van der Waals surface area contributed by atoms with Gasteiger partial charge >= 0.3 is 0 Å². The first-order valence-electron chi connectivity index (χ1n) is 8.04. The molecule has 0 spiro atoms. The first-order chi connectivity index (χ1) is 10.6. The third kappa shape index (κ3) is 1.69. The lowest BCUT2D eigenvalue weighted by molar-refractivity contribution is -0.130. The fourth-order valence-electron chi connectivity index (χ4n) is 4.84. The molecule has 1 N–H and O–H groups in total. The van der Waals surface area contributed by atoms with Crippen LogP contribution in [0.1, 0.15) is 17.5 Å². The Morgan fingerprint density at radius 3 is 2.91 bits per heavy atom. The van der Waals surface area contributed by atoms with E-state index < -0.39 is 0 Å². The number of hydrogen-bond donors (Lipinski definition) is 1. The number of fused-ring (bicyclic) bond motifs is 2. The second-order valence-corrected chi connectivity index (χ2v) is 6.97. The number of aromatic nitrogens is 1. The molecule has 1 aromatic heterocycles. The number of likely N-dealkylation sites (tertiary alicyclic amines) is 1. The highest BCUT2D eigenvalue weighted by atomic mass is 16.5. The zero-order valence-corrected chi connectivity index (χ0v) is 13.5. The number of rotatable bonds is 2. The summed E-state index contributed by atoms with van der Waals surface area (Å²) in [6.07, 6.45) is 4.17. The second-order valence-electron chi connectivity index (χ2n) is 6.97. The molecule has 1 fully saturated rings. The van der Waals surface area contributed by atoms with Crippen LogP contribution in [-0.4, -0.2) is 47.9 Å². The maximum Gasteiger partial charge on any atom is 0.110 e. The van der Waals surface area contributed by atoms with Crippen molar-refractivity contribution < 1.29 is 9.84 Å². The smallest absolute Gasteiger partial charge is 0.110 e. The van der Waals surface area contributed by atoms with Crippen LogP contribution in [0.3, 0.4) is 0 Å². The minimum absolute atomic E-state index is 0.222. The highest BCUT2D eigenvalue weighted by Gasteiger charge is 2.51. The van der Waals surface area contributed by atoms with Crippen molar-refractivity contribution in [1.82, 2.24) is 9.47 Å². The van der Waals surface area contributed by atoms with Crippen molar-refractivity contribution in [2.24, 2.45) is 13.0 Å². The summed E-state index contributed by atoms with van der Waals surface area (Å²) in [5.74, 6) is 0.265. The summed E-state index contributed by atoms with van der Waals surface area (Å²) in [5, 5.41) is 11.1. The van der Waals surface area contributed by atoms with Gasteiger partial charge in [0.05, 0.1) is 0 Å². The molecule has 4 nitrogen and oxygen atoms in total. The van der Waals surface area contributed by atoms with Crippen molar-refractivity contribution >= 4 is 10.9 Å². The number of aliphatic hydroxyl groups is 1. The van der Waals surface area contributed by atoms with Gasteiger partial charge < -0.3 is 14.4 Å². The molecule has 1 saturated heterocycles. The standard InChI is InChI=1S/C18H24N2O2/c1-19-10-13-7-16-18(22-3,8-12(11-21)9-20(16)2)14-5-4-6-15(19)17(13)14/h4-6,10,12,16,21H,7-9,11H2,1-3H3/t12-,16+,18-/m0/s1. The minimum Gasteiger partial charge on any atom is -0.396 e. The van der Waals surface area contributed by atoms with Crippen molar-refractivity contribution in [1.29, 1.82) is 0 Å². The van der Waals surface area contributed by atoms with Gasteiger partial charge in [0.1, 0.15) is 5.60 Å². The Morgan fingerprint density at radius 1 is 1.36 bits per heavy atom. The zero-order chi connectivity index (χ0) is 15.5. The first kappa shape index (κ1) is 14.2. The lowest BCUT2D eigenvalue weighted by Gasteiger charge is -2.52. The Bertz CT molecular complexity index is 723. The van der Waals surface area contributed by atoms with Crippen LogP contribution in [0.5, 0.6) is 0 Å². The highest BCUT2D eigenvalue weighted by Crippen LogP contribution is 2.49. The second kappa shape index (κ2) is 4.82. The molecule has 3 atom stereocenters. The largest absolute Gasteiger partial charge is 0.396 e. The van der Waals surface area contributed by atoms with Crippen molar-refractivity contribution in [2.75, 3.05) is 27.3 Å². The molecule has 0 radical (unpaired) electrons. The van der Waals surface area contributed by atoms with E-state index in [9.17, 15) is 5.11 Å². The summed E-state index contributed by atoms with van der Waals surface area (Å²) in [4.78, 5) is 2.38. The monoisotopic (exact) mass is 300 g/mol. The fraction of sp³-hybridized carbons (Fsp3) is 0.556. The van der Waals surface area contributed by atoms with Gasteiger partial charge in [0.25, 0.3) is 0 Å². The van der Waals surface area contributed by atoms with E-state index in [0.717, 1.165) is 19.4 Å². The topological polar surface area (TPSA) is 37.6 Å². The van der Waals surface area contributed by atoms with E-state index in [4.69, 9.17) is 4.74 Å². The molecule has 4 rings (SSSR count). The molecule has 2 heterocycles. The van der Waals surface area contributed by atoms with Crippen LogP contribution in [0.15, 0.2) is 24.4 Å². The van der Waals surface area contributed by atoms with Gasteiger partial charge in [0.15, 0.2) is 0 Å². The van der Waals surface area contributed by atoms with Crippen LogP contribution < -0.4 is 0 Å². The summed E-state index contributed by atoms with van der Waals surface area (Å²) < 4.78 is 8.40. The normalized spacial score (nSPS) is 31.5. The van der Waals surface area contributed by atoms with Crippen molar-refractivity contribution in [3.8, 4) is 0 Å². The molecule has 0 unspecified atom stereocenters. The van der Waals surface area contributed by atoms with Crippen LogP contribution in [0.2, 0.25) is 0 Å². The molecule has 2 aromatic rings. The van der Waals surface area contributed by atoms with Gasteiger partial charge in [-0.05, 0) is 43.0 Å². The number of aliphatic hydroxyl groups excluding tert-OH is 1. The SMILES string of the molecule is CO[C@]12C[C@H](CO)CN(C)[C@@H]1Cc1cn(C)c3cccc2c13. The Morgan fingerprint density at radius 2 is 2.18 bits per heavy atom. The van der Waals surface area contributed by atoms with Gasteiger partial charge in [-0.1, -0.05) is 12.1 Å². The number of aryl methyl sites for hydroxylation is 1. The number of methoxy groups -OCH3 is 1. The van der Waals surface area contributed by atoms with Crippen molar-refractivity contribution in [3.05, 3.63) is 35.5 Å². The van der Waals surface area contributed by atoms with Crippen LogP contribution in [-0.2, 0) is 23.8 Å². The summed E-state index contributed by atoms with van der Waals surface area (Å²) >= 11 is 0. The zero-order valence-electron chi connectivity index (χ0n) is 13.5. The van der Waals surface area contributed by atoms with Crippen LogP contribution in [0, 0.1) is 5.92 Å². The number of likely N-dealkylation sites (N-methyl/N-ethyl adjacent to an activating group) is 1. The van der Waals surface area contributed by atoms with Gasteiger partial charge in [-0.15, -0.1) is 0 Å². The highest BCUT2D eigenvalue weighted by molar-refractivity contribution is 5.89. The first-order valence-corrected chi connectivity index (χ1v) is 8.04. The number of ether oxygens (including phenoxy) is 1. The average Bonchev–Trinajstić information content (AvgIpc) is 2.86. The van der Waals surface area contributed by atoms with E-state index in [0.29, 0.717) is 6.04 Å². The van der Waals surface area contributed by atoms with Crippen LogP contribution in [0.4, 0.5) is 0 Å². The summed E-state index contributed by atoms with van der Waals surface area (Å²) in [6.45, 7) is 1.16. The lowest BCUT2D eigenvalue weighted by Crippen LogP contribution is -2.59. The molecule has 1 aromatic carbocycles. The molecular formula is C18H24N2O2. The van der Waals surface area contributed by atoms with E-state index in [-0.39, 0.29) is 18.1 Å². The van der Waals surface area contributed by atoms with Crippen molar-refractivity contribution in [2.45, 2.75) is 24.5 Å². The Kier molecular flexibility index (Phi) is 3.12. The third-order valence-electron chi connectivity index (χ3n) is 5.79. The number of benzene rings is 1. The maximum absolute atomic E-state index is 9.72. The molecule has 1 aliphatic carbocycles. The van der Waals surface area contributed by atoms with Gasteiger partial charge in [0, 0.05) is 50.5 Å². The maximum atomic E-state index is 9.72. The molecule has 0 saturated carbocycles. The number of hydrogen-bond acceptors (Lipinski definition) is 3. The van der Waals surface area contributed by atoms with Gasteiger partial charge in [-0.25, -0.2) is 0 Å². The van der Waals surface area contributed by atoms with E-state index in [1.165, 1.54) is 22.0 Å². The Hall–Kier alpha value is -1.36. The lowest BCUT2D eigenvalue weighted by atomic mass is 9.69. The summed E-state index contributed by atoms with van der Waals surface area (Å²) in [6, 6.07) is 6.87. The van der Waals surface area contributed by atoms with E-state index in [1.807, 2.05) is 7.11 Å². The molecule has 4 heteroatoms. The quantitative estimate of drug-likeness (QED) is 0.920. The van der Waals surface area contributed by atoms with Gasteiger partial charge in [-0.3, -0.25) is 4.90 Å². The number of nitrogens with zero attached hydrogens (tertiary/aromatic N) is 2. The van der Waals surface area contributed by atoms with E-state index in [2.05, 4.69) is 48.0 Å². The van der Waals surface area contributed by atoms with Gasteiger partial charge in [0.2, 0.25) is 0 Å². The predicted octanol–water partition coefficient (Wildman–Crippen LogP) is 1.89. The van der Waals surface area contributed by atoms with E-state index in [1.54, 1.807) is 0 Å². The van der Waals surface area contributed by atoms with Crippen LogP contribution in [0.25, 0.3) is 10.9 Å². The van der Waals surface area contributed by atoms with Crippen molar-refractivity contribution in [3.63, 3.8) is 0 Å². The Labute approximate surface area is 131 Å². The predicted molar refractivity (Wildman–Crippen MR) is 86.9 cm³/mol. The molecule has 0 bridgehead atoms.